The predicted octanol–water partition coefficient (Wildman–Crippen LogP) is 2.52. The Hall–Kier alpha value is -3.94. The number of hydrogen-bond acceptors (Lipinski definition) is 12. The molecule has 1 aliphatic heterocycles. The Balaban J connectivity index is 1.42. The van der Waals surface area contributed by atoms with E-state index in [1.54, 1.807) is 31.2 Å². The van der Waals surface area contributed by atoms with E-state index >= 15 is 0 Å². The van der Waals surface area contributed by atoms with Crippen LogP contribution in [-0.2, 0) is 28.2 Å². The predicted molar refractivity (Wildman–Crippen MR) is 147 cm³/mol. The number of carbonyl (C=O) groups excluding carboxylic acids is 2. The number of ether oxygens (including phenoxy) is 2. The Morgan fingerprint density at radius 3 is 2.73 bits per heavy atom. The zero-order chi connectivity index (χ0) is 29.3. The highest BCUT2D eigenvalue weighted by molar-refractivity contribution is 7.52. The van der Waals surface area contributed by atoms with Crippen molar-refractivity contribution in [2.45, 2.75) is 51.4 Å². The van der Waals surface area contributed by atoms with Crippen LogP contribution in [0.2, 0.25) is 0 Å². The second kappa shape index (κ2) is 11.5. The van der Waals surface area contributed by atoms with Gasteiger partial charge in [0.15, 0.2) is 29.6 Å². The SMILES string of the molecule is CCOC(=O)C(C)NP(=O)(Oc1cccc2ccccc12)OC(C)C1OC(n2cnc3c(N)ncnc32)C(O)C1=O. The molecule has 0 saturated carbocycles. The van der Waals surface area contributed by atoms with Gasteiger partial charge in [-0.05, 0) is 32.2 Å². The first-order chi connectivity index (χ1) is 19.6. The number of nitrogens with one attached hydrogen (secondary N) is 1. The molecule has 0 bridgehead atoms. The van der Waals surface area contributed by atoms with Crippen molar-refractivity contribution in [2.75, 3.05) is 12.3 Å². The Labute approximate surface area is 234 Å². The Morgan fingerprint density at radius 2 is 1.95 bits per heavy atom. The van der Waals surface area contributed by atoms with Gasteiger partial charge < -0.3 is 24.8 Å². The summed E-state index contributed by atoms with van der Waals surface area (Å²) in [6.07, 6.45) is -2.87. The van der Waals surface area contributed by atoms with Gasteiger partial charge in [-0.3, -0.25) is 18.7 Å². The molecule has 0 amide bonds. The van der Waals surface area contributed by atoms with Gasteiger partial charge in [-0.1, -0.05) is 36.4 Å². The second-order valence-corrected chi connectivity index (χ2v) is 11.0. The molecule has 0 aliphatic carbocycles. The quantitative estimate of drug-likeness (QED) is 0.182. The highest BCUT2D eigenvalue weighted by Gasteiger charge is 2.49. The maximum atomic E-state index is 14.2. The van der Waals surface area contributed by atoms with Crippen molar-refractivity contribution in [3.63, 3.8) is 0 Å². The van der Waals surface area contributed by atoms with Crippen LogP contribution in [-0.4, -0.2) is 67.3 Å². The molecular weight excluding hydrogens is 555 g/mol. The fourth-order valence-electron chi connectivity index (χ4n) is 4.53. The number of fused-ring (bicyclic) bond motifs is 2. The molecule has 2 aromatic carbocycles. The number of imidazole rings is 1. The third-order valence-corrected chi connectivity index (χ3v) is 8.23. The van der Waals surface area contributed by atoms with Crippen molar-refractivity contribution >= 4 is 47.3 Å². The van der Waals surface area contributed by atoms with Crippen molar-refractivity contribution in [3.05, 3.63) is 55.1 Å². The Kier molecular flexibility index (Phi) is 8.02. The number of hydrogen-bond donors (Lipinski definition) is 3. The van der Waals surface area contributed by atoms with E-state index in [1.165, 1.54) is 31.1 Å². The maximum Gasteiger partial charge on any atom is 0.459 e. The van der Waals surface area contributed by atoms with E-state index in [4.69, 9.17) is 24.3 Å². The van der Waals surface area contributed by atoms with E-state index < -0.39 is 50.1 Å². The molecular formula is C26H29N6O8P. The first-order valence-electron chi connectivity index (χ1n) is 12.8. The lowest BCUT2D eigenvalue weighted by Crippen LogP contribution is -2.39. The molecule has 15 heteroatoms. The summed E-state index contributed by atoms with van der Waals surface area (Å²) in [4.78, 5) is 37.6. The minimum Gasteiger partial charge on any atom is -0.465 e. The van der Waals surface area contributed by atoms with Crippen LogP contribution in [0.4, 0.5) is 5.82 Å². The number of aromatic nitrogens is 4. The molecule has 0 spiro atoms. The summed E-state index contributed by atoms with van der Waals surface area (Å²) in [6.45, 7) is 4.64. The van der Waals surface area contributed by atoms with Gasteiger partial charge in [-0.15, -0.1) is 0 Å². The van der Waals surface area contributed by atoms with Crippen LogP contribution in [0.15, 0.2) is 55.1 Å². The van der Waals surface area contributed by atoms with Gasteiger partial charge >= 0.3 is 13.7 Å². The molecule has 1 saturated heterocycles. The van der Waals surface area contributed by atoms with E-state index in [0.717, 1.165) is 5.39 Å². The molecule has 6 atom stereocenters. The third-order valence-electron chi connectivity index (χ3n) is 6.48. The lowest BCUT2D eigenvalue weighted by molar-refractivity contribution is -0.144. The van der Waals surface area contributed by atoms with E-state index in [-0.39, 0.29) is 29.3 Å². The smallest absolute Gasteiger partial charge is 0.459 e. The molecule has 0 radical (unpaired) electrons. The van der Waals surface area contributed by atoms with Gasteiger partial charge in [0.1, 0.15) is 35.8 Å². The van der Waals surface area contributed by atoms with Crippen molar-refractivity contribution < 1.29 is 37.8 Å². The monoisotopic (exact) mass is 584 g/mol. The number of benzene rings is 2. The summed E-state index contributed by atoms with van der Waals surface area (Å²) in [5.41, 5.74) is 6.37. The molecule has 216 valence electrons. The second-order valence-electron chi connectivity index (χ2n) is 9.36. The minimum absolute atomic E-state index is 0.111. The fourth-order valence-corrected chi connectivity index (χ4v) is 6.23. The van der Waals surface area contributed by atoms with Crippen molar-refractivity contribution in [1.82, 2.24) is 24.6 Å². The number of rotatable bonds is 10. The van der Waals surface area contributed by atoms with E-state index in [2.05, 4.69) is 20.0 Å². The van der Waals surface area contributed by atoms with Gasteiger partial charge in [0.2, 0.25) is 0 Å². The highest BCUT2D eigenvalue weighted by atomic mass is 31.2. The molecule has 2 aromatic heterocycles. The van der Waals surface area contributed by atoms with Gasteiger partial charge in [0.25, 0.3) is 0 Å². The fraction of sp³-hybridized carbons (Fsp3) is 0.346. The molecule has 4 N–H and O–H groups in total. The highest BCUT2D eigenvalue weighted by Crippen LogP contribution is 2.49. The van der Waals surface area contributed by atoms with Crippen molar-refractivity contribution in [2.24, 2.45) is 0 Å². The number of anilines is 1. The number of aliphatic hydroxyl groups is 1. The lowest BCUT2D eigenvalue weighted by Gasteiger charge is -2.27. The third kappa shape index (κ3) is 5.65. The number of aliphatic hydroxyl groups excluding tert-OH is 1. The van der Waals surface area contributed by atoms with Gasteiger partial charge in [-0.2, -0.15) is 5.09 Å². The lowest BCUT2D eigenvalue weighted by atomic mass is 10.1. The van der Waals surface area contributed by atoms with Crippen LogP contribution in [0.3, 0.4) is 0 Å². The average Bonchev–Trinajstić information content (AvgIpc) is 3.50. The molecule has 14 nitrogen and oxygen atoms in total. The van der Waals surface area contributed by atoms with E-state index in [0.29, 0.717) is 5.39 Å². The standard InChI is InChI=1S/C26H29N6O8P/c1-4-37-26(35)14(2)31-41(36,40-18-11-7-9-16-8-5-6-10-17(16)18)39-15(3)22-20(33)21(34)25(38-22)32-13-30-19-23(27)28-12-29-24(19)32/h5-15,21-22,25,34H,4H2,1-3H3,(H,31,36)(H2,27,28,29). The largest absolute Gasteiger partial charge is 0.465 e. The number of Topliss-reactive ketones (excluding diaryl/α,β-unsaturated/α-hetero) is 1. The van der Waals surface area contributed by atoms with E-state index in [9.17, 15) is 19.3 Å². The summed E-state index contributed by atoms with van der Waals surface area (Å²) in [5.74, 6) is -1.06. The molecule has 5 rings (SSSR count). The topological polar surface area (TPSA) is 190 Å². The first-order valence-corrected chi connectivity index (χ1v) is 14.4. The number of nitrogens with two attached hydrogens (primary N) is 1. The van der Waals surface area contributed by atoms with Gasteiger partial charge in [-0.25, -0.2) is 19.5 Å². The number of nitrogen functional groups attached to an aromatic ring is 1. The van der Waals surface area contributed by atoms with Crippen LogP contribution in [0.5, 0.6) is 5.75 Å². The van der Waals surface area contributed by atoms with Gasteiger partial charge in [0.05, 0.1) is 12.9 Å². The summed E-state index contributed by atoms with van der Waals surface area (Å²) in [6, 6.07) is 11.4. The summed E-state index contributed by atoms with van der Waals surface area (Å²) >= 11 is 0. The van der Waals surface area contributed by atoms with Crippen LogP contribution >= 0.6 is 7.75 Å². The Morgan fingerprint density at radius 1 is 1.20 bits per heavy atom. The van der Waals surface area contributed by atoms with Crippen LogP contribution < -0.4 is 15.3 Å². The molecule has 4 aromatic rings. The van der Waals surface area contributed by atoms with Crippen LogP contribution in [0, 0.1) is 0 Å². The molecule has 1 fully saturated rings. The van der Waals surface area contributed by atoms with Crippen molar-refractivity contribution in [1.29, 1.82) is 0 Å². The summed E-state index contributed by atoms with van der Waals surface area (Å²) in [5, 5.41) is 14.8. The number of nitrogens with zero attached hydrogens (tertiary/aromatic N) is 4. The normalized spacial score (nSPS) is 22.0. The molecule has 41 heavy (non-hydrogen) atoms. The van der Waals surface area contributed by atoms with Crippen LogP contribution in [0.25, 0.3) is 21.9 Å². The average molecular weight is 585 g/mol. The van der Waals surface area contributed by atoms with Gasteiger partial charge in [0, 0.05) is 5.39 Å². The zero-order valence-electron chi connectivity index (χ0n) is 22.4. The van der Waals surface area contributed by atoms with Crippen molar-refractivity contribution in [3.8, 4) is 5.75 Å². The van der Waals surface area contributed by atoms with Crippen LogP contribution in [0.1, 0.15) is 27.0 Å². The molecule has 1 aliphatic rings. The number of esters is 1. The summed E-state index contributed by atoms with van der Waals surface area (Å²) < 4.78 is 38.2. The summed E-state index contributed by atoms with van der Waals surface area (Å²) in [7, 11) is -4.38. The molecule has 6 unspecified atom stereocenters. The number of ketones is 1. The maximum absolute atomic E-state index is 14.2. The first kappa shape index (κ1) is 28.6. The van der Waals surface area contributed by atoms with E-state index in [1.807, 2.05) is 18.2 Å². The Bertz CT molecular complexity index is 1640. The zero-order valence-corrected chi connectivity index (χ0v) is 23.3. The minimum atomic E-state index is -4.38. The molecule has 3 heterocycles. The number of carbonyl (C=O) groups is 2.